The summed E-state index contributed by atoms with van der Waals surface area (Å²) in [5.41, 5.74) is 2.79. The molecule has 2 atom stereocenters. The molecule has 0 spiro atoms. The average molecular weight is 295 g/mol. The van der Waals surface area contributed by atoms with E-state index in [2.05, 4.69) is 48.2 Å². The summed E-state index contributed by atoms with van der Waals surface area (Å²) in [7, 11) is 0. The maximum Gasteiger partial charge on any atom is 0.0567 e. The summed E-state index contributed by atoms with van der Waals surface area (Å²) in [6.07, 6.45) is 4.50. The molecule has 1 heterocycles. The van der Waals surface area contributed by atoms with Gasteiger partial charge in [0.15, 0.2) is 0 Å². The fraction of sp³-hybridized carbons (Fsp3) is 0.500. The lowest BCUT2D eigenvalue weighted by molar-refractivity contribution is 0.0285. The summed E-state index contributed by atoms with van der Waals surface area (Å²) < 4.78 is 0. The molecule has 4 rings (SSSR count). The van der Waals surface area contributed by atoms with Gasteiger partial charge in [-0.05, 0) is 60.4 Å². The third kappa shape index (κ3) is 2.66. The van der Waals surface area contributed by atoms with E-state index in [-0.39, 0.29) is 6.10 Å². The van der Waals surface area contributed by atoms with Crippen molar-refractivity contribution in [2.24, 2.45) is 5.92 Å². The van der Waals surface area contributed by atoms with Crippen LogP contribution < -0.4 is 0 Å². The second-order valence-corrected chi connectivity index (χ2v) is 7.14. The number of piperidine rings is 1. The Labute approximate surface area is 132 Å². The highest BCUT2D eigenvalue weighted by molar-refractivity contribution is 5.88. The molecule has 2 aliphatic rings. The van der Waals surface area contributed by atoms with Gasteiger partial charge in [0, 0.05) is 19.1 Å². The normalized spacial score (nSPS) is 26.5. The quantitative estimate of drug-likeness (QED) is 0.929. The van der Waals surface area contributed by atoms with Crippen molar-refractivity contribution in [1.82, 2.24) is 4.90 Å². The van der Waals surface area contributed by atoms with E-state index < -0.39 is 0 Å². The van der Waals surface area contributed by atoms with Crippen LogP contribution in [0, 0.1) is 12.8 Å². The molecule has 0 aromatic heterocycles. The minimum Gasteiger partial charge on any atom is -0.393 e. The van der Waals surface area contributed by atoms with E-state index in [0.717, 1.165) is 31.8 Å². The molecule has 116 valence electrons. The first-order valence-corrected chi connectivity index (χ1v) is 8.62. The Kier molecular flexibility index (Phi) is 3.67. The van der Waals surface area contributed by atoms with Gasteiger partial charge in [0.05, 0.1) is 6.10 Å². The second kappa shape index (κ2) is 5.68. The number of aliphatic hydroxyl groups excluding tert-OH is 1. The predicted octanol–water partition coefficient (Wildman–Crippen LogP) is 3.88. The molecule has 2 fully saturated rings. The van der Waals surface area contributed by atoms with E-state index in [4.69, 9.17) is 0 Å². The second-order valence-electron chi connectivity index (χ2n) is 7.14. The molecule has 0 radical (unpaired) electrons. The fourth-order valence-corrected chi connectivity index (χ4v) is 4.06. The first-order valence-electron chi connectivity index (χ1n) is 8.62. The van der Waals surface area contributed by atoms with E-state index >= 15 is 0 Å². The first-order chi connectivity index (χ1) is 10.7. The highest BCUT2D eigenvalue weighted by atomic mass is 16.3. The molecule has 1 aliphatic heterocycles. The van der Waals surface area contributed by atoms with E-state index in [9.17, 15) is 5.11 Å². The molecule has 1 saturated carbocycles. The number of rotatable bonds is 3. The van der Waals surface area contributed by atoms with Crippen molar-refractivity contribution in [3.63, 3.8) is 0 Å². The van der Waals surface area contributed by atoms with Crippen molar-refractivity contribution in [3.05, 3.63) is 47.5 Å². The number of aryl methyl sites for hydroxylation is 1. The minimum atomic E-state index is -0.0865. The predicted molar refractivity (Wildman–Crippen MR) is 90.8 cm³/mol. The van der Waals surface area contributed by atoms with E-state index in [0.29, 0.717) is 6.04 Å². The van der Waals surface area contributed by atoms with Crippen molar-refractivity contribution in [2.75, 3.05) is 6.54 Å². The van der Waals surface area contributed by atoms with Crippen LogP contribution in [0.25, 0.3) is 10.8 Å². The molecule has 2 aromatic carbocycles. The fourth-order valence-electron chi connectivity index (χ4n) is 4.06. The molecule has 0 amide bonds. The van der Waals surface area contributed by atoms with Gasteiger partial charge < -0.3 is 5.11 Å². The monoisotopic (exact) mass is 295 g/mol. The average Bonchev–Trinajstić information content (AvgIpc) is 3.37. The van der Waals surface area contributed by atoms with Gasteiger partial charge in [0.1, 0.15) is 0 Å². The lowest BCUT2D eigenvalue weighted by Gasteiger charge is -2.38. The van der Waals surface area contributed by atoms with Gasteiger partial charge in [-0.25, -0.2) is 0 Å². The maximum absolute atomic E-state index is 10.0. The Balaban J connectivity index is 1.64. The molecular weight excluding hydrogens is 270 g/mol. The molecule has 1 N–H and O–H groups in total. The van der Waals surface area contributed by atoms with Crippen molar-refractivity contribution >= 4 is 10.8 Å². The Hall–Kier alpha value is -1.38. The Bertz CT molecular complexity index is 676. The number of benzene rings is 2. The van der Waals surface area contributed by atoms with Gasteiger partial charge in [-0.1, -0.05) is 36.4 Å². The van der Waals surface area contributed by atoms with Gasteiger partial charge >= 0.3 is 0 Å². The minimum absolute atomic E-state index is 0.0865. The molecule has 2 nitrogen and oxygen atoms in total. The third-order valence-electron chi connectivity index (χ3n) is 5.50. The van der Waals surface area contributed by atoms with Gasteiger partial charge in [0.2, 0.25) is 0 Å². The van der Waals surface area contributed by atoms with E-state index in [1.807, 2.05) is 0 Å². The van der Waals surface area contributed by atoms with Gasteiger partial charge in [-0.2, -0.15) is 0 Å². The number of fused-ring (bicyclic) bond motifs is 1. The van der Waals surface area contributed by atoms with E-state index in [1.54, 1.807) is 0 Å². The summed E-state index contributed by atoms with van der Waals surface area (Å²) in [4.78, 5) is 2.63. The molecule has 2 heteroatoms. The van der Waals surface area contributed by atoms with Crippen molar-refractivity contribution in [1.29, 1.82) is 0 Å². The summed E-state index contributed by atoms with van der Waals surface area (Å²) in [5, 5.41) is 12.8. The summed E-state index contributed by atoms with van der Waals surface area (Å²) in [6, 6.07) is 13.9. The number of hydrogen-bond acceptors (Lipinski definition) is 2. The lowest BCUT2D eigenvalue weighted by atomic mass is 9.94. The van der Waals surface area contributed by atoms with Crippen molar-refractivity contribution in [3.8, 4) is 0 Å². The Morgan fingerprint density at radius 2 is 1.82 bits per heavy atom. The SMILES string of the molecule is Cc1ccc(CN2CC[C@H](O)C[C@@H]2C2CC2)c2ccccc12. The zero-order chi connectivity index (χ0) is 15.1. The highest BCUT2D eigenvalue weighted by Gasteiger charge is 2.38. The van der Waals surface area contributed by atoms with Crippen LogP contribution in [0.5, 0.6) is 0 Å². The van der Waals surface area contributed by atoms with Crippen LogP contribution in [0.4, 0.5) is 0 Å². The molecule has 0 bridgehead atoms. The van der Waals surface area contributed by atoms with Gasteiger partial charge in [-0.15, -0.1) is 0 Å². The first kappa shape index (κ1) is 14.2. The smallest absolute Gasteiger partial charge is 0.0567 e. The summed E-state index contributed by atoms with van der Waals surface area (Å²) in [6.45, 7) is 4.25. The zero-order valence-electron chi connectivity index (χ0n) is 13.3. The number of hydrogen-bond donors (Lipinski definition) is 1. The molecule has 0 unspecified atom stereocenters. The van der Waals surface area contributed by atoms with Crippen LogP contribution in [0.3, 0.4) is 0 Å². The summed E-state index contributed by atoms with van der Waals surface area (Å²) >= 11 is 0. The Morgan fingerprint density at radius 1 is 1.05 bits per heavy atom. The van der Waals surface area contributed by atoms with Crippen LogP contribution in [0.1, 0.15) is 36.8 Å². The Morgan fingerprint density at radius 3 is 2.59 bits per heavy atom. The highest BCUT2D eigenvalue weighted by Crippen LogP contribution is 2.40. The van der Waals surface area contributed by atoms with Gasteiger partial charge in [0.25, 0.3) is 0 Å². The van der Waals surface area contributed by atoms with Crippen LogP contribution in [0.2, 0.25) is 0 Å². The van der Waals surface area contributed by atoms with Crippen LogP contribution in [-0.4, -0.2) is 28.7 Å². The molecule has 1 aliphatic carbocycles. The lowest BCUT2D eigenvalue weighted by Crippen LogP contribution is -2.45. The topological polar surface area (TPSA) is 23.5 Å². The number of likely N-dealkylation sites (tertiary alicyclic amines) is 1. The molecule has 2 aromatic rings. The third-order valence-corrected chi connectivity index (χ3v) is 5.50. The number of nitrogens with zero attached hydrogens (tertiary/aromatic N) is 1. The summed E-state index contributed by atoms with van der Waals surface area (Å²) in [5.74, 6) is 0.826. The molecule has 22 heavy (non-hydrogen) atoms. The van der Waals surface area contributed by atoms with Crippen molar-refractivity contribution in [2.45, 2.75) is 51.3 Å². The van der Waals surface area contributed by atoms with Crippen molar-refractivity contribution < 1.29 is 5.11 Å². The molecule has 1 saturated heterocycles. The number of aliphatic hydroxyl groups is 1. The maximum atomic E-state index is 10.0. The van der Waals surface area contributed by atoms with Crippen LogP contribution in [-0.2, 0) is 6.54 Å². The van der Waals surface area contributed by atoms with E-state index in [1.165, 1.54) is 34.7 Å². The standard InChI is InChI=1S/C20H25NO/c1-14-6-7-16(19-5-3-2-4-18(14)19)13-21-11-10-17(22)12-20(21)15-8-9-15/h2-7,15,17,20,22H,8-13H2,1H3/t17-,20+/m0/s1. The largest absolute Gasteiger partial charge is 0.393 e. The van der Waals surface area contributed by atoms with Crippen LogP contribution >= 0.6 is 0 Å². The van der Waals surface area contributed by atoms with Gasteiger partial charge in [-0.3, -0.25) is 4.90 Å². The zero-order valence-corrected chi connectivity index (χ0v) is 13.3. The van der Waals surface area contributed by atoms with Crippen LogP contribution in [0.15, 0.2) is 36.4 Å². The molecular formula is C20H25NO.